The molecule has 0 radical (unpaired) electrons. The lowest BCUT2D eigenvalue weighted by Gasteiger charge is -2.36. The fraction of sp³-hybridized carbons (Fsp3) is 0.536. The Kier molecular flexibility index (Phi) is 7.66. The highest BCUT2D eigenvalue weighted by Gasteiger charge is 2.78. The quantitative estimate of drug-likeness (QED) is 0.271. The predicted molar refractivity (Wildman–Crippen MR) is 133 cm³/mol. The summed E-state index contributed by atoms with van der Waals surface area (Å²) in [6, 6.07) is 8.66. The SMILES string of the molecule is C=CCCCOC(=O)[C@H]1[C@H]2C(=O)N(CCO)C(C(=O)N(CC=C)Cc3ccccc3)C23CC[C@]1(C)O3. The van der Waals surface area contributed by atoms with Crippen LogP contribution >= 0.6 is 0 Å². The first kappa shape index (κ1) is 26.1. The number of amides is 2. The number of unbranched alkanes of at least 4 members (excludes halogenated alkanes) is 1. The maximum absolute atomic E-state index is 14.1. The largest absolute Gasteiger partial charge is 0.465 e. The van der Waals surface area contributed by atoms with E-state index in [0.717, 1.165) is 12.0 Å². The van der Waals surface area contributed by atoms with E-state index < -0.39 is 35.0 Å². The van der Waals surface area contributed by atoms with Gasteiger partial charge in [-0.05, 0) is 38.2 Å². The van der Waals surface area contributed by atoms with Crippen molar-refractivity contribution in [2.24, 2.45) is 11.8 Å². The molecular weight excluding hydrogens is 460 g/mol. The van der Waals surface area contributed by atoms with Crippen molar-refractivity contribution in [2.45, 2.75) is 56.4 Å². The second-order valence-electron chi connectivity index (χ2n) is 10.1. The summed E-state index contributed by atoms with van der Waals surface area (Å²) < 4.78 is 12.1. The van der Waals surface area contributed by atoms with Gasteiger partial charge in [-0.25, -0.2) is 0 Å². The molecule has 3 heterocycles. The number of esters is 1. The van der Waals surface area contributed by atoms with Crippen LogP contribution in [0, 0.1) is 11.8 Å². The molecule has 2 amide bonds. The van der Waals surface area contributed by atoms with E-state index in [1.165, 1.54) is 4.90 Å². The van der Waals surface area contributed by atoms with Crippen molar-refractivity contribution in [2.75, 3.05) is 26.3 Å². The van der Waals surface area contributed by atoms with E-state index in [0.29, 0.717) is 25.8 Å². The standard InChI is InChI=1S/C28H36N2O6/c1-4-6-10-18-35-26(34)22-21-24(32)30(16-17-31)23(28(21)14-13-27(22,3)36-28)25(33)29(15-5-2)19-20-11-8-7-9-12-20/h4-5,7-9,11-12,21-23,31H,1-2,6,10,13-19H2,3H3/t21-,22+,23?,27-,28?/m0/s1. The summed E-state index contributed by atoms with van der Waals surface area (Å²) in [7, 11) is 0. The Bertz CT molecular complexity index is 1010. The van der Waals surface area contributed by atoms with Gasteiger partial charge in [0.1, 0.15) is 17.6 Å². The zero-order valence-electron chi connectivity index (χ0n) is 20.9. The lowest BCUT2D eigenvalue weighted by atomic mass is 9.66. The van der Waals surface area contributed by atoms with Crippen molar-refractivity contribution < 1.29 is 29.0 Å². The summed E-state index contributed by atoms with van der Waals surface area (Å²) in [5.74, 6) is -2.70. The van der Waals surface area contributed by atoms with Gasteiger partial charge in [-0.2, -0.15) is 0 Å². The first-order valence-electron chi connectivity index (χ1n) is 12.7. The van der Waals surface area contributed by atoms with E-state index in [9.17, 15) is 19.5 Å². The van der Waals surface area contributed by atoms with Crippen molar-refractivity contribution >= 4 is 17.8 Å². The molecule has 3 fully saturated rings. The third-order valence-corrected chi connectivity index (χ3v) is 7.78. The second-order valence-corrected chi connectivity index (χ2v) is 10.1. The normalized spacial score (nSPS) is 30.2. The predicted octanol–water partition coefficient (Wildman–Crippen LogP) is 2.47. The first-order valence-corrected chi connectivity index (χ1v) is 12.7. The minimum Gasteiger partial charge on any atom is -0.465 e. The van der Waals surface area contributed by atoms with Crippen molar-refractivity contribution in [3.8, 4) is 0 Å². The molecule has 8 nitrogen and oxygen atoms in total. The van der Waals surface area contributed by atoms with Crippen molar-refractivity contribution in [1.82, 2.24) is 9.80 Å². The molecule has 194 valence electrons. The van der Waals surface area contributed by atoms with Gasteiger partial charge in [-0.1, -0.05) is 42.5 Å². The van der Waals surface area contributed by atoms with Crippen LogP contribution in [0.25, 0.3) is 0 Å². The van der Waals surface area contributed by atoms with E-state index in [1.807, 2.05) is 37.3 Å². The summed E-state index contributed by atoms with van der Waals surface area (Å²) in [5.41, 5.74) is -1.08. The number of fused-ring (bicyclic) bond motifs is 1. The monoisotopic (exact) mass is 496 g/mol. The molecule has 0 saturated carbocycles. The fourth-order valence-corrected chi connectivity index (χ4v) is 6.27. The Morgan fingerprint density at radius 2 is 2.00 bits per heavy atom. The molecule has 1 aromatic carbocycles. The second kappa shape index (κ2) is 10.6. The fourth-order valence-electron chi connectivity index (χ4n) is 6.27. The van der Waals surface area contributed by atoms with Gasteiger partial charge < -0.3 is 24.4 Å². The summed E-state index contributed by atoms with van der Waals surface area (Å²) in [6.45, 7) is 9.89. The summed E-state index contributed by atoms with van der Waals surface area (Å²) in [4.78, 5) is 44.2. The molecule has 1 N–H and O–H groups in total. The number of ether oxygens (including phenoxy) is 2. The minimum atomic E-state index is -1.14. The van der Waals surface area contributed by atoms with Crippen LogP contribution in [0.4, 0.5) is 0 Å². The molecule has 8 heteroatoms. The average Bonchev–Trinajstić information content (AvgIpc) is 3.43. The number of allylic oxidation sites excluding steroid dienone is 1. The van der Waals surface area contributed by atoms with E-state index in [4.69, 9.17) is 9.47 Å². The molecule has 3 aliphatic heterocycles. The number of aliphatic hydroxyl groups is 1. The van der Waals surface area contributed by atoms with Crippen LogP contribution in [0.2, 0.25) is 0 Å². The van der Waals surface area contributed by atoms with Crippen LogP contribution in [-0.2, 0) is 30.4 Å². The third kappa shape index (κ3) is 4.37. The molecule has 1 aromatic rings. The van der Waals surface area contributed by atoms with Gasteiger partial charge in [0.25, 0.3) is 0 Å². The highest BCUT2D eigenvalue weighted by molar-refractivity contribution is 5.98. The number of rotatable bonds is 12. The molecule has 2 bridgehead atoms. The first-order chi connectivity index (χ1) is 17.3. The van der Waals surface area contributed by atoms with Crippen LogP contribution in [0.3, 0.4) is 0 Å². The zero-order chi connectivity index (χ0) is 25.9. The number of hydrogen-bond acceptors (Lipinski definition) is 6. The summed E-state index contributed by atoms with van der Waals surface area (Å²) in [5, 5.41) is 9.77. The van der Waals surface area contributed by atoms with Gasteiger partial charge in [0.2, 0.25) is 11.8 Å². The molecule has 0 aromatic heterocycles. The maximum Gasteiger partial charge on any atom is 0.312 e. The Morgan fingerprint density at radius 3 is 2.67 bits per heavy atom. The van der Waals surface area contributed by atoms with Crippen LogP contribution in [0.15, 0.2) is 55.6 Å². The van der Waals surface area contributed by atoms with Gasteiger partial charge in [0.05, 0.1) is 24.7 Å². The molecule has 3 saturated heterocycles. The highest BCUT2D eigenvalue weighted by atomic mass is 16.6. The van der Waals surface area contributed by atoms with Crippen LogP contribution in [0.1, 0.15) is 38.2 Å². The average molecular weight is 497 g/mol. The number of β-amino-alcohol motifs (C(OH)–C–C–N with tert-alkyl or cyclic N) is 1. The molecular formula is C28H36N2O6. The van der Waals surface area contributed by atoms with Crippen molar-refractivity contribution in [3.05, 3.63) is 61.2 Å². The smallest absolute Gasteiger partial charge is 0.312 e. The maximum atomic E-state index is 14.1. The Hall–Kier alpha value is -2.97. The molecule has 1 spiro atoms. The van der Waals surface area contributed by atoms with E-state index in [1.54, 1.807) is 17.1 Å². The molecule has 36 heavy (non-hydrogen) atoms. The lowest BCUT2D eigenvalue weighted by molar-refractivity contribution is -0.160. The molecule has 4 rings (SSSR count). The lowest BCUT2D eigenvalue weighted by Crippen LogP contribution is -2.56. The number of benzene rings is 1. The summed E-state index contributed by atoms with van der Waals surface area (Å²) >= 11 is 0. The van der Waals surface area contributed by atoms with Gasteiger partial charge in [0.15, 0.2) is 0 Å². The number of aliphatic hydroxyl groups excluding tert-OH is 1. The van der Waals surface area contributed by atoms with E-state index in [2.05, 4.69) is 13.2 Å². The number of carbonyl (C=O) groups is 3. The third-order valence-electron chi connectivity index (χ3n) is 7.78. The van der Waals surface area contributed by atoms with E-state index >= 15 is 0 Å². The van der Waals surface area contributed by atoms with Crippen LogP contribution < -0.4 is 0 Å². The van der Waals surface area contributed by atoms with Gasteiger partial charge in [-0.15, -0.1) is 13.2 Å². The van der Waals surface area contributed by atoms with Crippen LogP contribution in [-0.4, -0.2) is 76.2 Å². The Morgan fingerprint density at radius 1 is 1.25 bits per heavy atom. The number of carbonyl (C=O) groups excluding carboxylic acids is 3. The van der Waals surface area contributed by atoms with Gasteiger partial charge in [-0.3, -0.25) is 14.4 Å². The molecule has 3 aliphatic rings. The number of hydrogen-bond donors (Lipinski definition) is 1. The summed E-state index contributed by atoms with van der Waals surface area (Å²) in [6.07, 6.45) is 5.81. The molecule has 0 aliphatic carbocycles. The molecule has 5 atom stereocenters. The van der Waals surface area contributed by atoms with Gasteiger partial charge >= 0.3 is 5.97 Å². The van der Waals surface area contributed by atoms with Gasteiger partial charge in [0, 0.05) is 19.6 Å². The number of nitrogens with zero attached hydrogens (tertiary/aromatic N) is 2. The van der Waals surface area contributed by atoms with Crippen molar-refractivity contribution in [1.29, 1.82) is 0 Å². The van der Waals surface area contributed by atoms with Crippen molar-refractivity contribution in [3.63, 3.8) is 0 Å². The topological polar surface area (TPSA) is 96.4 Å². The zero-order valence-corrected chi connectivity index (χ0v) is 20.9. The molecule has 2 unspecified atom stereocenters. The van der Waals surface area contributed by atoms with Crippen LogP contribution in [0.5, 0.6) is 0 Å². The number of likely N-dealkylation sites (tertiary alicyclic amines) is 1. The minimum absolute atomic E-state index is 0.0120. The Balaban J connectivity index is 1.66. The van der Waals surface area contributed by atoms with E-state index in [-0.39, 0.29) is 38.1 Å². The highest BCUT2D eigenvalue weighted by Crippen LogP contribution is 2.63. The Labute approximate surface area is 212 Å².